The third-order valence-corrected chi connectivity index (χ3v) is 1.58. The second kappa shape index (κ2) is 6.31. The highest BCUT2D eigenvalue weighted by Crippen LogP contribution is 2.21. The molecule has 0 aromatic rings. The van der Waals surface area contributed by atoms with Crippen molar-refractivity contribution in [3.05, 3.63) is 0 Å². The van der Waals surface area contributed by atoms with Gasteiger partial charge < -0.3 is 16.4 Å². The van der Waals surface area contributed by atoms with E-state index >= 15 is 0 Å². The Hall–Kier alpha value is -1.31. The molecule has 0 saturated heterocycles. The maximum absolute atomic E-state index is 11.9. The molecule has 0 aromatic carbocycles. The van der Waals surface area contributed by atoms with E-state index in [0.717, 1.165) is 0 Å². The van der Waals surface area contributed by atoms with Gasteiger partial charge in [0.2, 0.25) is 11.8 Å². The molecule has 0 aliphatic heterocycles. The van der Waals surface area contributed by atoms with Crippen LogP contribution in [-0.2, 0) is 9.59 Å². The van der Waals surface area contributed by atoms with Crippen molar-refractivity contribution in [3.63, 3.8) is 0 Å². The van der Waals surface area contributed by atoms with Gasteiger partial charge in [-0.2, -0.15) is 13.2 Å². The third-order valence-electron chi connectivity index (χ3n) is 1.58. The van der Waals surface area contributed by atoms with E-state index in [1.165, 1.54) is 6.92 Å². The molecule has 1 atom stereocenters. The Morgan fingerprint density at radius 1 is 1.31 bits per heavy atom. The van der Waals surface area contributed by atoms with Gasteiger partial charge in [-0.3, -0.25) is 9.59 Å². The lowest BCUT2D eigenvalue weighted by molar-refractivity contribution is -0.141. The van der Waals surface area contributed by atoms with Crippen LogP contribution in [0.3, 0.4) is 0 Å². The second-order valence-electron chi connectivity index (χ2n) is 3.27. The molecule has 0 radical (unpaired) electrons. The van der Waals surface area contributed by atoms with Gasteiger partial charge in [-0.1, -0.05) is 0 Å². The molecule has 0 spiro atoms. The van der Waals surface area contributed by atoms with Crippen LogP contribution >= 0.6 is 0 Å². The maximum atomic E-state index is 11.9. The standard InChI is InChI=1S/C8H14F3N3O2/c1-5(2-8(9,10)11)14-7(16)4-13-6(15)3-12/h5H,2-4,12H2,1H3,(H,13,15)(H,14,16). The first-order valence-corrected chi connectivity index (χ1v) is 4.57. The Bertz CT molecular complexity index is 255. The molecule has 5 nitrogen and oxygen atoms in total. The average molecular weight is 241 g/mol. The SMILES string of the molecule is CC(CC(F)(F)F)NC(=O)CNC(=O)CN. The molecular weight excluding hydrogens is 227 g/mol. The van der Waals surface area contributed by atoms with Crippen LogP contribution in [0.25, 0.3) is 0 Å². The number of nitrogens with two attached hydrogens (primary N) is 1. The maximum Gasteiger partial charge on any atom is 0.391 e. The molecule has 4 N–H and O–H groups in total. The number of carbonyl (C=O) groups excluding carboxylic acids is 2. The van der Waals surface area contributed by atoms with Crippen molar-refractivity contribution < 1.29 is 22.8 Å². The molecule has 0 rings (SSSR count). The minimum absolute atomic E-state index is 0.272. The number of hydrogen-bond donors (Lipinski definition) is 3. The van der Waals surface area contributed by atoms with Crippen LogP contribution in [0.15, 0.2) is 0 Å². The molecule has 2 amide bonds. The number of carbonyl (C=O) groups is 2. The Labute approximate surface area is 90.6 Å². The summed E-state index contributed by atoms with van der Waals surface area (Å²) in [6.45, 7) is 0.583. The van der Waals surface area contributed by atoms with Gasteiger partial charge in [0.25, 0.3) is 0 Å². The number of nitrogens with one attached hydrogen (secondary N) is 2. The number of rotatable bonds is 5. The minimum atomic E-state index is -4.33. The first-order valence-electron chi connectivity index (χ1n) is 4.57. The predicted molar refractivity (Wildman–Crippen MR) is 50.3 cm³/mol. The van der Waals surface area contributed by atoms with Gasteiger partial charge in [-0.05, 0) is 6.92 Å². The summed E-state index contributed by atoms with van der Waals surface area (Å²) in [5.41, 5.74) is 4.95. The number of hydrogen-bond acceptors (Lipinski definition) is 3. The number of amides is 2. The summed E-state index contributed by atoms with van der Waals surface area (Å²) in [4.78, 5) is 21.7. The van der Waals surface area contributed by atoms with Gasteiger partial charge in [0.05, 0.1) is 19.5 Å². The Kier molecular flexibility index (Phi) is 5.79. The highest BCUT2D eigenvalue weighted by molar-refractivity contribution is 5.85. The molecule has 16 heavy (non-hydrogen) atoms. The van der Waals surface area contributed by atoms with E-state index in [-0.39, 0.29) is 13.1 Å². The van der Waals surface area contributed by atoms with Crippen LogP contribution in [0.1, 0.15) is 13.3 Å². The van der Waals surface area contributed by atoms with Crippen LogP contribution in [0, 0.1) is 0 Å². The number of halogens is 3. The quantitative estimate of drug-likeness (QED) is 0.607. The first-order chi connectivity index (χ1) is 7.24. The van der Waals surface area contributed by atoms with Gasteiger partial charge in [-0.25, -0.2) is 0 Å². The summed E-state index contributed by atoms with van der Waals surface area (Å²) in [5, 5.41) is 4.24. The van der Waals surface area contributed by atoms with Crippen molar-refractivity contribution in [2.24, 2.45) is 5.73 Å². The van der Waals surface area contributed by atoms with Crippen molar-refractivity contribution in [1.29, 1.82) is 0 Å². The molecule has 8 heteroatoms. The summed E-state index contributed by atoms with van der Waals surface area (Å²) in [6.07, 6.45) is -5.43. The Balaban J connectivity index is 3.83. The number of alkyl halides is 3. The Morgan fingerprint density at radius 3 is 2.31 bits per heavy atom. The lowest BCUT2D eigenvalue weighted by Crippen LogP contribution is -2.43. The monoisotopic (exact) mass is 241 g/mol. The van der Waals surface area contributed by atoms with Crippen LogP contribution in [-0.4, -0.2) is 37.1 Å². The lowest BCUT2D eigenvalue weighted by atomic mass is 10.2. The summed E-state index contributed by atoms with van der Waals surface area (Å²) in [5.74, 6) is -1.22. The molecule has 0 heterocycles. The zero-order valence-electron chi connectivity index (χ0n) is 8.73. The van der Waals surface area contributed by atoms with Crippen LogP contribution in [0.4, 0.5) is 13.2 Å². The first kappa shape index (κ1) is 14.7. The van der Waals surface area contributed by atoms with Crippen molar-refractivity contribution in [1.82, 2.24) is 10.6 Å². The topological polar surface area (TPSA) is 84.2 Å². The van der Waals surface area contributed by atoms with E-state index in [1.807, 2.05) is 0 Å². The fraction of sp³-hybridized carbons (Fsp3) is 0.750. The van der Waals surface area contributed by atoms with E-state index in [9.17, 15) is 22.8 Å². The highest BCUT2D eigenvalue weighted by Gasteiger charge is 2.30. The second-order valence-corrected chi connectivity index (χ2v) is 3.27. The fourth-order valence-electron chi connectivity index (χ4n) is 0.975. The van der Waals surface area contributed by atoms with Crippen molar-refractivity contribution in [2.75, 3.05) is 13.1 Å². The zero-order chi connectivity index (χ0) is 12.8. The largest absolute Gasteiger partial charge is 0.391 e. The van der Waals surface area contributed by atoms with Gasteiger partial charge >= 0.3 is 6.18 Å². The minimum Gasteiger partial charge on any atom is -0.352 e. The van der Waals surface area contributed by atoms with E-state index in [4.69, 9.17) is 5.73 Å². The highest BCUT2D eigenvalue weighted by atomic mass is 19.4. The van der Waals surface area contributed by atoms with Gasteiger partial charge in [0.1, 0.15) is 0 Å². The molecule has 94 valence electrons. The van der Waals surface area contributed by atoms with Crippen LogP contribution in [0.5, 0.6) is 0 Å². The van der Waals surface area contributed by atoms with Crippen LogP contribution < -0.4 is 16.4 Å². The average Bonchev–Trinajstić information content (AvgIpc) is 2.10. The van der Waals surface area contributed by atoms with Gasteiger partial charge in [-0.15, -0.1) is 0 Å². The van der Waals surface area contributed by atoms with Crippen molar-refractivity contribution in [2.45, 2.75) is 25.6 Å². The zero-order valence-corrected chi connectivity index (χ0v) is 8.73. The molecule has 0 aliphatic carbocycles. The third kappa shape index (κ3) is 8.04. The summed E-state index contributed by atoms with van der Waals surface area (Å²) in [6, 6.07) is -1.03. The molecule has 0 aromatic heterocycles. The smallest absolute Gasteiger partial charge is 0.352 e. The molecule has 0 saturated carbocycles. The van der Waals surface area contributed by atoms with Crippen LogP contribution in [0.2, 0.25) is 0 Å². The fourth-order valence-corrected chi connectivity index (χ4v) is 0.975. The van der Waals surface area contributed by atoms with Gasteiger partial charge in [0, 0.05) is 6.04 Å². The van der Waals surface area contributed by atoms with E-state index in [1.54, 1.807) is 0 Å². The molecule has 1 unspecified atom stereocenters. The normalized spacial score (nSPS) is 13.1. The lowest BCUT2D eigenvalue weighted by Gasteiger charge is -2.15. The summed E-state index contributed by atoms with van der Waals surface area (Å²) in [7, 11) is 0. The van der Waals surface area contributed by atoms with E-state index in [0.29, 0.717) is 0 Å². The Morgan fingerprint density at radius 2 is 1.88 bits per heavy atom. The van der Waals surface area contributed by atoms with E-state index in [2.05, 4.69) is 10.6 Å². The predicted octanol–water partition coefficient (Wildman–Crippen LogP) is -0.482. The van der Waals surface area contributed by atoms with Gasteiger partial charge in [0.15, 0.2) is 0 Å². The van der Waals surface area contributed by atoms with Crippen molar-refractivity contribution >= 4 is 11.8 Å². The van der Waals surface area contributed by atoms with Crippen molar-refractivity contribution in [3.8, 4) is 0 Å². The molecule has 0 aliphatic rings. The van der Waals surface area contributed by atoms with E-state index < -0.39 is 30.5 Å². The molecule has 0 fully saturated rings. The summed E-state index contributed by atoms with van der Waals surface area (Å²) >= 11 is 0. The molecular formula is C8H14F3N3O2. The molecule has 0 bridgehead atoms. The summed E-state index contributed by atoms with van der Waals surface area (Å²) < 4.78 is 35.7.